The smallest absolute Gasteiger partial charge is 0.200 e. The van der Waals surface area contributed by atoms with E-state index in [-0.39, 0.29) is 5.43 Å². The van der Waals surface area contributed by atoms with Crippen LogP contribution in [0.25, 0.3) is 22.1 Å². The van der Waals surface area contributed by atoms with Crippen molar-refractivity contribution in [2.75, 3.05) is 20.3 Å². The first-order chi connectivity index (χ1) is 13.6. The quantitative estimate of drug-likeness (QED) is 0.645. The van der Waals surface area contributed by atoms with Crippen LogP contribution in [-0.4, -0.2) is 20.3 Å². The third-order valence-corrected chi connectivity index (χ3v) is 5.02. The third kappa shape index (κ3) is 3.21. The predicted molar refractivity (Wildman–Crippen MR) is 109 cm³/mol. The van der Waals surface area contributed by atoms with Crippen molar-refractivity contribution >= 4 is 11.0 Å². The molecular weight excluding hydrogens is 356 g/mol. The normalized spacial score (nSPS) is 13.4. The molecule has 0 N–H and O–H groups in total. The van der Waals surface area contributed by atoms with E-state index in [9.17, 15) is 4.79 Å². The summed E-state index contributed by atoms with van der Waals surface area (Å²) < 4.78 is 23.0. The van der Waals surface area contributed by atoms with E-state index in [1.54, 1.807) is 7.11 Å². The van der Waals surface area contributed by atoms with Crippen molar-refractivity contribution in [2.45, 2.75) is 33.1 Å². The van der Waals surface area contributed by atoms with Gasteiger partial charge < -0.3 is 18.6 Å². The molecule has 0 unspecified atom stereocenters. The number of methoxy groups -OCH3 is 1. The van der Waals surface area contributed by atoms with E-state index in [4.69, 9.17) is 18.6 Å². The first-order valence-corrected chi connectivity index (χ1v) is 9.66. The van der Waals surface area contributed by atoms with E-state index < -0.39 is 0 Å². The van der Waals surface area contributed by atoms with Crippen molar-refractivity contribution in [2.24, 2.45) is 0 Å². The van der Waals surface area contributed by atoms with Gasteiger partial charge in [-0.1, -0.05) is 19.4 Å². The van der Waals surface area contributed by atoms with E-state index in [0.29, 0.717) is 47.0 Å². The molecule has 0 fully saturated rings. The summed E-state index contributed by atoms with van der Waals surface area (Å²) in [6.07, 6.45) is 2.64. The number of benzene rings is 2. The number of hydrogen-bond donors (Lipinski definition) is 0. The highest BCUT2D eigenvalue weighted by atomic mass is 16.5. The van der Waals surface area contributed by atoms with Crippen LogP contribution in [0.2, 0.25) is 0 Å². The lowest BCUT2D eigenvalue weighted by Gasteiger charge is -2.13. The molecule has 0 spiro atoms. The lowest BCUT2D eigenvalue weighted by molar-refractivity contribution is 0.297. The van der Waals surface area contributed by atoms with Gasteiger partial charge in [0.15, 0.2) is 11.5 Å². The molecule has 4 rings (SSSR count). The predicted octanol–water partition coefficient (Wildman–Crippen LogP) is 4.89. The van der Waals surface area contributed by atoms with Crippen molar-refractivity contribution in [1.29, 1.82) is 0 Å². The Morgan fingerprint density at radius 2 is 1.86 bits per heavy atom. The van der Waals surface area contributed by atoms with Crippen molar-refractivity contribution in [1.82, 2.24) is 0 Å². The van der Waals surface area contributed by atoms with Crippen LogP contribution >= 0.6 is 0 Å². The molecule has 2 aromatic carbocycles. The summed E-state index contributed by atoms with van der Waals surface area (Å²) in [4.78, 5) is 13.4. The van der Waals surface area contributed by atoms with Gasteiger partial charge in [-0.3, -0.25) is 4.79 Å². The van der Waals surface area contributed by atoms with Crippen LogP contribution in [-0.2, 0) is 6.42 Å². The average molecular weight is 380 g/mol. The van der Waals surface area contributed by atoms with Crippen LogP contribution in [0.1, 0.15) is 31.1 Å². The Morgan fingerprint density at radius 3 is 2.61 bits per heavy atom. The minimum atomic E-state index is -0.0479. The number of hydrogen-bond acceptors (Lipinski definition) is 5. The van der Waals surface area contributed by atoms with Crippen LogP contribution in [0, 0.1) is 6.92 Å². The molecular formula is C23H24O5. The fraction of sp³-hybridized carbons (Fsp3) is 0.348. The second-order valence-electron chi connectivity index (χ2n) is 6.98. The minimum Gasteiger partial charge on any atom is -0.496 e. The van der Waals surface area contributed by atoms with Gasteiger partial charge in [-0.2, -0.15) is 0 Å². The Kier molecular flexibility index (Phi) is 4.99. The highest BCUT2D eigenvalue weighted by Gasteiger charge is 2.18. The Hall–Kier alpha value is -2.95. The topological polar surface area (TPSA) is 57.9 Å². The van der Waals surface area contributed by atoms with Crippen molar-refractivity contribution < 1.29 is 18.6 Å². The number of ether oxygens (including phenoxy) is 3. The zero-order valence-electron chi connectivity index (χ0n) is 16.5. The summed E-state index contributed by atoms with van der Waals surface area (Å²) in [6, 6.07) is 9.31. The van der Waals surface area contributed by atoms with Gasteiger partial charge in [0.25, 0.3) is 0 Å². The Labute approximate surface area is 163 Å². The lowest BCUT2D eigenvalue weighted by atomic mass is 10.00. The van der Waals surface area contributed by atoms with Crippen LogP contribution in [0.3, 0.4) is 0 Å². The number of fused-ring (bicyclic) bond motifs is 2. The van der Waals surface area contributed by atoms with E-state index in [2.05, 4.69) is 6.92 Å². The van der Waals surface area contributed by atoms with E-state index in [1.807, 2.05) is 37.3 Å². The molecule has 0 aliphatic carbocycles. The maximum Gasteiger partial charge on any atom is 0.200 e. The van der Waals surface area contributed by atoms with Crippen molar-refractivity contribution in [3.05, 3.63) is 51.9 Å². The van der Waals surface area contributed by atoms with Crippen LogP contribution in [0.15, 0.2) is 39.5 Å². The molecule has 1 aliphatic rings. The summed E-state index contributed by atoms with van der Waals surface area (Å²) in [5.41, 5.74) is 2.82. The van der Waals surface area contributed by atoms with Gasteiger partial charge in [0.2, 0.25) is 5.43 Å². The molecule has 5 heteroatoms. The molecule has 0 bridgehead atoms. The lowest BCUT2D eigenvalue weighted by Crippen LogP contribution is -2.09. The Balaban J connectivity index is 1.90. The molecule has 0 amide bonds. The SMILES string of the molecule is CCCc1cc2c(=O)c(-c3ccc4c(c3)OCCCO4)c(C)oc2cc1OC. The summed E-state index contributed by atoms with van der Waals surface area (Å²) in [5, 5.41) is 0.567. The molecule has 146 valence electrons. The second-order valence-corrected chi connectivity index (χ2v) is 6.98. The standard InChI is InChI=1S/C23H24O5/c1-4-6-15-11-17-20(13-19(15)25-3)28-14(2)22(23(17)24)16-7-8-18-21(12-16)27-10-5-9-26-18/h7-8,11-13H,4-6,9-10H2,1-3H3. The maximum atomic E-state index is 13.4. The van der Waals surface area contributed by atoms with Gasteiger partial charge in [0, 0.05) is 12.5 Å². The Bertz CT molecular complexity index is 1080. The molecule has 28 heavy (non-hydrogen) atoms. The molecule has 0 saturated heterocycles. The molecule has 0 atom stereocenters. The summed E-state index contributed by atoms with van der Waals surface area (Å²) in [5.74, 6) is 2.69. The first-order valence-electron chi connectivity index (χ1n) is 9.66. The molecule has 1 aliphatic heterocycles. The van der Waals surface area contributed by atoms with E-state index in [0.717, 1.165) is 36.1 Å². The first kappa shape index (κ1) is 18.4. The van der Waals surface area contributed by atoms with Crippen molar-refractivity contribution in [3.8, 4) is 28.4 Å². The Morgan fingerprint density at radius 1 is 1.07 bits per heavy atom. The molecule has 0 saturated carbocycles. The minimum absolute atomic E-state index is 0.0479. The van der Waals surface area contributed by atoms with Gasteiger partial charge in [0.05, 0.1) is 31.3 Å². The van der Waals surface area contributed by atoms with Gasteiger partial charge >= 0.3 is 0 Å². The zero-order chi connectivity index (χ0) is 19.7. The molecule has 2 heterocycles. The molecule has 1 aromatic heterocycles. The monoisotopic (exact) mass is 380 g/mol. The van der Waals surface area contributed by atoms with E-state index >= 15 is 0 Å². The third-order valence-electron chi connectivity index (χ3n) is 5.02. The van der Waals surface area contributed by atoms with Gasteiger partial charge in [-0.15, -0.1) is 0 Å². The van der Waals surface area contributed by atoms with Crippen molar-refractivity contribution in [3.63, 3.8) is 0 Å². The largest absolute Gasteiger partial charge is 0.496 e. The van der Waals surface area contributed by atoms with Crippen LogP contribution in [0.4, 0.5) is 0 Å². The highest BCUT2D eigenvalue weighted by molar-refractivity contribution is 5.85. The summed E-state index contributed by atoms with van der Waals surface area (Å²) >= 11 is 0. The average Bonchev–Trinajstić information content (AvgIpc) is 2.93. The van der Waals surface area contributed by atoms with Crippen LogP contribution < -0.4 is 19.6 Å². The fourth-order valence-corrected chi connectivity index (χ4v) is 3.69. The van der Waals surface area contributed by atoms with Gasteiger partial charge in [0.1, 0.15) is 17.1 Å². The zero-order valence-corrected chi connectivity index (χ0v) is 16.5. The van der Waals surface area contributed by atoms with E-state index in [1.165, 1.54) is 0 Å². The molecule has 0 radical (unpaired) electrons. The molecule has 5 nitrogen and oxygen atoms in total. The van der Waals surface area contributed by atoms with Crippen LogP contribution in [0.5, 0.6) is 17.2 Å². The number of aryl methyl sites for hydroxylation is 2. The van der Waals surface area contributed by atoms with Gasteiger partial charge in [-0.05, 0) is 42.7 Å². The maximum absolute atomic E-state index is 13.4. The molecule has 3 aromatic rings. The summed E-state index contributed by atoms with van der Waals surface area (Å²) in [6.45, 7) is 5.14. The second kappa shape index (κ2) is 7.58. The number of rotatable bonds is 4. The van der Waals surface area contributed by atoms with Gasteiger partial charge in [-0.25, -0.2) is 0 Å². The highest BCUT2D eigenvalue weighted by Crippen LogP contribution is 2.35. The summed E-state index contributed by atoms with van der Waals surface area (Å²) in [7, 11) is 1.64. The fourth-order valence-electron chi connectivity index (χ4n) is 3.69.